The third kappa shape index (κ3) is 3.27. The van der Waals surface area contributed by atoms with Crippen molar-refractivity contribution in [3.05, 3.63) is 46.1 Å². The number of esters is 1. The number of aromatic nitrogens is 1. The van der Waals surface area contributed by atoms with Crippen LogP contribution in [0.15, 0.2) is 30.5 Å². The molecule has 2 aromatic rings. The Kier molecular flexibility index (Phi) is 4.57. The predicted octanol–water partition coefficient (Wildman–Crippen LogP) is 3.02. The zero-order valence-electron chi connectivity index (χ0n) is 12.0. The average Bonchev–Trinajstić information content (AvgIpc) is 2.86. The van der Waals surface area contributed by atoms with E-state index in [1.807, 2.05) is 0 Å². The second-order valence-corrected chi connectivity index (χ2v) is 4.79. The highest BCUT2D eigenvalue weighted by molar-refractivity contribution is 5.85. The number of halogens is 3. The van der Waals surface area contributed by atoms with E-state index in [-0.39, 0.29) is 17.6 Å². The number of nitrogens with one attached hydrogen (secondary N) is 1. The summed E-state index contributed by atoms with van der Waals surface area (Å²) in [5.74, 6) is -4.11. The van der Waals surface area contributed by atoms with E-state index in [9.17, 15) is 28.1 Å². The van der Waals surface area contributed by atoms with Gasteiger partial charge in [0, 0.05) is 22.0 Å². The first-order chi connectivity index (χ1) is 10.8. The minimum atomic E-state index is -4.99. The van der Waals surface area contributed by atoms with Gasteiger partial charge in [-0.2, -0.15) is 13.2 Å². The van der Waals surface area contributed by atoms with Gasteiger partial charge in [-0.15, -0.1) is 0 Å². The van der Waals surface area contributed by atoms with Crippen molar-refractivity contribution in [3.63, 3.8) is 0 Å². The van der Waals surface area contributed by atoms with Crippen molar-refractivity contribution >= 4 is 16.9 Å². The smallest absolute Gasteiger partial charge is 0.403 e. The van der Waals surface area contributed by atoms with Crippen LogP contribution in [0.5, 0.6) is 0 Å². The number of benzene rings is 1. The molecule has 0 fully saturated rings. The van der Waals surface area contributed by atoms with Gasteiger partial charge in [0.05, 0.1) is 6.61 Å². The molecule has 0 radical (unpaired) electrons. The van der Waals surface area contributed by atoms with E-state index >= 15 is 0 Å². The Balaban J connectivity index is 2.61. The summed E-state index contributed by atoms with van der Waals surface area (Å²) in [6, 6.07) is 3.51. The van der Waals surface area contributed by atoms with Crippen molar-refractivity contribution in [2.24, 2.45) is 0 Å². The van der Waals surface area contributed by atoms with Gasteiger partial charge in [-0.1, -0.05) is 18.2 Å². The number of hydrogen-bond acceptors (Lipinski definition) is 4. The maximum Gasteiger partial charge on any atom is 0.403 e. The van der Waals surface area contributed by atoms with Gasteiger partial charge in [0.25, 0.3) is 0 Å². The first-order valence-corrected chi connectivity index (χ1v) is 6.70. The summed E-state index contributed by atoms with van der Waals surface area (Å²) in [5.41, 5.74) is 0.0329. The van der Waals surface area contributed by atoms with Gasteiger partial charge in [-0.3, -0.25) is 10.1 Å². The summed E-state index contributed by atoms with van der Waals surface area (Å²) >= 11 is 0. The Morgan fingerprint density at radius 3 is 2.61 bits per heavy atom. The maximum atomic E-state index is 13.5. The van der Waals surface area contributed by atoms with Crippen LogP contribution in [0.4, 0.5) is 13.2 Å². The molecule has 0 spiro atoms. The average molecular weight is 330 g/mol. The number of fused-ring (bicyclic) bond motifs is 1. The number of H-pyrrole nitrogens is 1. The van der Waals surface area contributed by atoms with E-state index in [1.54, 1.807) is 6.07 Å². The molecule has 2 rings (SSSR count). The Morgan fingerprint density at radius 2 is 2.04 bits per heavy atom. The predicted molar refractivity (Wildman–Crippen MR) is 74.5 cm³/mol. The lowest BCUT2D eigenvalue weighted by Gasteiger charge is -2.22. The first kappa shape index (κ1) is 16.8. The third-order valence-electron chi connectivity index (χ3n) is 3.38. The number of ether oxygens (including phenoxy) is 1. The quantitative estimate of drug-likeness (QED) is 0.519. The molecule has 0 saturated carbocycles. The lowest BCUT2D eigenvalue weighted by molar-refractivity contribution is -0.522. The van der Waals surface area contributed by atoms with Crippen molar-refractivity contribution in [1.29, 1.82) is 0 Å². The summed E-state index contributed by atoms with van der Waals surface area (Å²) in [7, 11) is 0. The zero-order chi connectivity index (χ0) is 17.2. The summed E-state index contributed by atoms with van der Waals surface area (Å²) in [6.45, 7) is 1.12. The lowest BCUT2D eigenvalue weighted by Crippen LogP contribution is -2.43. The highest BCUT2D eigenvalue weighted by Gasteiger charge is 2.56. The number of para-hydroxylation sites is 1. The molecule has 2 unspecified atom stereocenters. The molecular formula is C14H13F3N2O4. The van der Waals surface area contributed by atoms with Gasteiger partial charge in [0.1, 0.15) is 0 Å². The maximum absolute atomic E-state index is 13.5. The van der Waals surface area contributed by atoms with Crippen LogP contribution < -0.4 is 0 Å². The van der Waals surface area contributed by atoms with Gasteiger partial charge in [-0.05, 0) is 18.6 Å². The molecule has 124 valence electrons. The van der Waals surface area contributed by atoms with Crippen LogP contribution >= 0.6 is 0 Å². The molecule has 1 aromatic carbocycles. The molecule has 0 saturated heterocycles. The monoisotopic (exact) mass is 330 g/mol. The van der Waals surface area contributed by atoms with Crippen LogP contribution in [-0.2, 0) is 9.53 Å². The van der Waals surface area contributed by atoms with Crippen LogP contribution in [0, 0.1) is 10.1 Å². The summed E-state index contributed by atoms with van der Waals surface area (Å²) in [4.78, 5) is 24.2. The van der Waals surface area contributed by atoms with Gasteiger partial charge in [-0.25, -0.2) is 4.79 Å². The lowest BCUT2D eigenvalue weighted by atomic mass is 9.90. The molecule has 1 aromatic heterocycles. The fourth-order valence-electron chi connectivity index (χ4n) is 2.45. The number of aromatic amines is 1. The highest BCUT2D eigenvalue weighted by atomic mass is 19.4. The van der Waals surface area contributed by atoms with E-state index < -0.39 is 29.0 Å². The summed E-state index contributed by atoms with van der Waals surface area (Å²) < 4.78 is 44.9. The zero-order valence-corrected chi connectivity index (χ0v) is 12.0. The van der Waals surface area contributed by atoms with E-state index in [4.69, 9.17) is 0 Å². The van der Waals surface area contributed by atoms with Crippen molar-refractivity contribution in [1.82, 2.24) is 4.98 Å². The molecule has 0 bridgehead atoms. The first-order valence-electron chi connectivity index (χ1n) is 6.70. The third-order valence-corrected chi connectivity index (χ3v) is 3.38. The van der Waals surface area contributed by atoms with E-state index in [0.29, 0.717) is 5.52 Å². The van der Waals surface area contributed by atoms with E-state index in [1.165, 1.54) is 25.1 Å². The Hall–Kier alpha value is -2.58. The van der Waals surface area contributed by atoms with E-state index in [0.717, 1.165) is 6.20 Å². The molecule has 0 aliphatic rings. The molecule has 0 aliphatic carbocycles. The normalized spacial score (nSPS) is 14.4. The van der Waals surface area contributed by atoms with Crippen molar-refractivity contribution in [2.75, 3.05) is 6.61 Å². The number of rotatable bonds is 5. The largest absolute Gasteiger partial charge is 0.461 e. The molecule has 2 atom stereocenters. The number of nitro groups is 1. The number of carbonyl (C=O) groups is 1. The fourth-order valence-corrected chi connectivity index (χ4v) is 2.45. The van der Waals surface area contributed by atoms with Crippen molar-refractivity contribution in [3.8, 4) is 0 Å². The van der Waals surface area contributed by atoms with Gasteiger partial charge >= 0.3 is 18.2 Å². The van der Waals surface area contributed by atoms with Crippen LogP contribution in [0.25, 0.3) is 10.9 Å². The van der Waals surface area contributed by atoms with Crippen LogP contribution in [0.3, 0.4) is 0 Å². The highest BCUT2D eigenvalue weighted by Crippen LogP contribution is 2.41. The molecule has 6 nitrogen and oxygen atoms in total. The van der Waals surface area contributed by atoms with Crippen LogP contribution in [0.1, 0.15) is 18.4 Å². The van der Waals surface area contributed by atoms with Gasteiger partial charge < -0.3 is 9.72 Å². The van der Waals surface area contributed by atoms with Gasteiger partial charge in [0.2, 0.25) is 0 Å². The van der Waals surface area contributed by atoms with Crippen LogP contribution in [0.2, 0.25) is 0 Å². The van der Waals surface area contributed by atoms with Crippen molar-refractivity contribution in [2.45, 2.75) is 25.1 Å². The molecule has 0 aliphatic heterocycles. The molecule has 1 N–H and O–H groups in total. The SMILES string of the molecule is CCOC(=O)C(C(c1c[nH]c2ccccc12)C(F)(F)F)[N+](=O)[O-]. The second-order valence-electron chi connectivity index (χ2n) is 4.79. The van der Waals surface area contributed by atoms with Gasteiger partial charge in [0.15, 0.2) is 5.92 Å². The number of alkyl halides is 3. The topological polar surface area (TPSA) is 85.2 Å². The number of nitrogens with zero attached hydrogens (tertiary/aromatic N) is 1. The standard InChI is InChI=1S/C14H13F3N2O4/c1-2-23-13(20)12(19(21)22)11(14(15,16)17)9-7-18-10-6-4-3-5-8(9)10/h3-7,11-12,18H,2H2,1H3. The molecule has 0 amide bonds. The molecular weight excluding hydrogens is 317 g/mol. The second kappa shape index (κ2) is 6.27. The minimum absolute atomic E-state index is 0.172. The Morgan fingerprint density at radius 1 is 1.39 bits per heavy atom. The Bertz CT molecular complexity index is 726. The molecule has 9 heteroatoms. The number of hydrogen-bond donors (Lipinski definition) is 1. The summed E-state index contributed by atoms with van der Waals surface area (Å²) in [5, 5.41) is 11.3. The van der Waals surface area contributed by atoms with E-state index in [2.05, 4.69) is 9.72 Å². The van der Waals surface area contributed by atoms with Crippen LogP contribution in [-0.4, -0.2) is 34.7 Å². The minimum Gasteiger partial charge on any atom is -0.461 e. The molecule has 1 heterocycles. The fraction of sp³-hybridized carbons (Fsp3) is 0.357. The Labute approximate surface area is 128 Å². The number of carbonyl (C=O) groups excluding carboxylic acids is 1. The molecule has 23 heavy (non-hydrogen) atoms. The summed E-state index contributed by atoms with van der Waals surface area (Å²) in [6.07, 6.45) is -3.95. The van der Waals surface area contributed by atoms with Crippen molar-refractivity contribution < 1.29 is 27.6 Å².